The summed E-state index contributed by atoms with van der Waals surface area (Å²) in [6.07, 6.45) is 2.45. The molecule has 0 spiro atoms. The van der Waals surface area contributed by atoms with Gasteiger partial charge < -0.3 is 9.73 Å². The molecule has 0 aliphatic carbocycles. The van der Waals surface area contributed by atoms with Crippen molar-refractivity contribution in [1.29, 1.82) is 0 Å². The summed E-state index contributed by atoms with van der Waals surface area (Å²) in [5, 5.41) is 3.58. The van der Waals surface area contributed by atoms with Crippen molar-refractivity contribution in [1.82, 2.24) is 5.32 Å². The van der Waals surface area contributed by atoms with Crippen LogP contribution in [-0.4, -0.2) is 6.54 Å². The van der Waals surface area contributed by atoms with Gasteiger partial charge >= 0.3 is 0 Å². The predicted octanol–water partition coefficient (Wildman–Crippen LogP) is 4.92. The van der Waals surface area contributed by atoms with Gasteiger partial charge in [0.05, 0.1) is 16.8 Å². The molecule has 1 unspecified atom stereocenters. The number of hydrogen-bond acceptors (Lipinski definition) is 2. The molecular weight excluding hydrogens is 333 g/mol. The van der Waals surface area contributed by atoms with Crippen molar-refractivity contribution in [2.45, 2.75) is 19.4 Å². The van der Waals surface area contributed by atoms with Gasteiger partial charge in [0.1, 0.15) is 5.82 Å². The molecule has 1 aromatic carbocycles. The molecule has 19 heavy (non-hydrogen) atoms. The van der Waals surface area contributed by atoms with Gasteiger partial charge in [-0.2, -0.15) is 0 Å². The van der Waals surface area contributed by atoms with Gasteiger partial charge in [-0.15, -0.1) is 0 Å². The average molecular weight is 347 g/mol. The summed E-state index contributed by atoms with van der Waals surface area (Å²) in [4.78, 5) is 0. The maximum absolute atomic E-state index is 14.2. The van der Waals surface area contributed by atoms with Gasteiger partial charge in [-0.05, 0) is 52.6 Å². The lowest BCUT2D eigenvalue weighted by Gasteiger charge is -2.19. The maximum atomic E-state index is 14.2. The monoisotopic (exact) mass is 345 g/mol. The Morgan fingerprint density at radius 3 is 2.79 bits per heavy atom. The summed E-state index contributed by atoms with van der Waals surface area (Å²) >= 11 is 9.22. The fraction of sp³-hybridized carbons (Fsp3) is 0.286. The van der Waals surface area contributed by atoms with Gasteiger partial charge in [0.25, 0.3) is 0 Å². The molecule has 1 atom stereocenters. The topological polar surface area (TPSA) is 25.2 Å². The van der Waals surface area contributed by atoms with Crippen LogP contribution in [0.5, 0.6) is 0 Å². The minimum Gasteiger partial charge on any atom is -0.453 e. The van der Waals surface area contributed by atoms with Crippen LogP contribution in [0, 0.1) is 5.82 Å². The first kappa shape index (κ1) is 14.6. The summed E-state index contributed by atoms with van der Waals surface area (Å²) in [7, 11) is 0. The standard InChI is InChI=1S/C14H14BrClFNO/c1-2-7-18-13(10-6-8-19-14(10)16)9-4-3-5-11(15)12(9)17/h3-6,8,13,18H,2,7H2,1H3. The Bertz CT molecular complexity index is 558. The molecule has 102 valence electrons. The third-order valence-electron chi connectivity index (χ3n) is 2.85. The first-order chi connectivity index (χ1) is 9.15. The second kappa shape index (κ2) is 6.55. The van der Waals surface area contributed by atoms with Gasteiger partial charge in [-0.25, -0.2) is 4.39 Å². The van der Waals surface area contributed by atoms with Crippen molar-refractivity contribution in [3.8, 4) is 0 Å². The molecule has 2 rings (SSSR count). The SMILES string of the molecule is CCCNC(c1ccoc1Cl)c1cccc(Br)c1F. The number of rotatable bonds is 5. The van der Waals surface area contributed by atoms with Crippen molar-refractivity contribution in [3.05, 3.63) is 57.2 Å². The lowest BCUT2D eigenvalue weighted by molar-refractivity contribution is 0.529. The molecule has 0 fully saturated rings. The molecule has 0 saturated carbocycles. The van der Waals surface area contributed by atoms with Crippen LogP contribution in [0.3, 0.4) is 0 Å². The van der Waals surface area contributed by atoms with Crippen LogP contribution in [0.15, 0.2) is 39.4 Å². The summed E-state index contributed by atoms with van der Waals surface area (Å²) in [6.45, 7) is 2.82. The Kier molecular flexibility index (Phi) is 5.02. The molecule has 0 bridgehead atoms. The normalized spacial score (nSPS) is 12.6. The third kappa shape index (κ3) is 3.19. The maximum Gasteiger partial charge on any atom is 0.198 e. The molecule has 1 aromatic heterocycles. The molecular formula is C14H14BrClFNO. The summed E-state index contributed by atoms with van der Waals surface area (Å²) < 4.78 is 19.8. The van der Waals surface area contributed by atoms with Crippen LogP contribution < -0.4 is 5.32 Å². The van der Waals surface area contributed by atoms with E-state index in [0.717, 1.165) is 18.5 Å². The molecule has 2 nitrogen and oxygen atoms in total. The van der Waals surface area contributed by atoms with Gasteiger partial charge in [-0.1, -0.05) is 19.1 Å². The van der Waals surface area contributed by atoms with Crippen LogP contribution in [-0.2, 0) is 0 Å². The molecule has 0 amide bonds. The zero-order valence-corrected chi connectivity index (χ0v) is 12.8. The van der Waals surface area contributed by atoms with E-state index in [0.29, 0.717) is 10.0 Å². The second-order valence-electron chi connectivity index (χ2n) is 4.18. The van der Waals surface area contributed by atoms with E-state index in [1.165, 1.54) is 6.26 Å². The Morgan fingerprint density at radius 2 is 2.16 bits per heavy atom. The van der Waals surface area contributed by atoms with E-state index in [-0.39, 0.29) is 17.1 Å². The highest BCUT2D eigenvalue weighted by Gasteiger charge is 2.22. The Hall–Kier alpha value is -0.840. The lowest BCUT2D eigenvalue weighted by atomic mass is 10.0. The van der Waals surface area contributed by atoms with Crippen LogP contribution in [0.4, 0.5) is 4.39 Å². The quantitative estimate of drug-likeness (QED) is 0.831. The fourth-order valence-electron chi connectivity index (χ4n) is 1.93. The Morgan fingerprint density at radius 1 is 1.37 bits per heavy atom. The number of nitrogens with one attached hydrogen (secondary N) is 1. The van der Waals surface area contributed by atoms with Crippen LogP contribution in [0.2, 0.25) is 5.22 Å². The highest BCUT2D eigenvalue weighted by molar-refractivity contribution is 9.10. The number of furan rings is 1. The van der Waals surface area contributed by atoms with Crippen molar-refractivity contribution in [3.63, 3.8) is 0 Å². The Balaban J connectivity index is 2.43. The lowest BCUT2D eigenvalue weighted by Crippen LogP contribution is -2.24. The second-order valence-corrected chi connectivity index (χ2v) is 5.38. The highest BCUT2D eigenvalue weighted by atomic mass is 79.9. The van der Waals surface area contributed by atoms with Crippen LogP contribution in [0.1, 0.15) is 30.5 Å². The number of halogens is 3. The summed E-state index contributed by atoms with van der Waals surface area (Å²) in [5.74, 6) is -0.284. The first-order valence-corrected chi connectivity index (χ1v) is 7.22. The van der Waals surface area contributed by atoms with Gasteiger partial charge in [0, 0.05) is 11.1 Å². The number of hydrogen-bond donors (Lipinski definition) is 1. The zero-order chi connectivity index (χ0) is 13.8. The highest BCUT2D eigenvalue weighted by Crippen LogP contribution is 2.32. The van der Waals surface area contributed by atoms with Gasteiger partial charge in [0.2, 0.25) is 0 Å². The largest absolute Gasteiger partial charge is 0.453 e. The molecule has 1 N–H and O–H groups in total. The average Bonchev–Trinajstić information content (AvgIpc) is 2.81. The molecule has 5 heteroatoms. The van der Waals surface area contributed by atoms with E-state index in [1.807, 2.05) is 0 Å². The summed E-state index contributed by atoms with van der Waals surface area (Å²) in [5.41, 5.74) is 1.29. The number of benzene rings is 1. The van der Waals surface area contributed by atoms with E-state index < -0.39 is 0 Å². The van der Waals surface area contributed by atoms with Gasteiger partial charge in [-0.3, -0.25) is 0 Å². The summed E-state index contributed by atoms with van der Waals surface area (Å²) in [6, 6.07) is 6.67. The molecule has 0 saturated heterocycles. The van der Waals surface area contributed by atoms with E-state index >= 15 is 0 Å². The van der Waals surface area contributed by atoms with E-state index in [2.05, 4.69) is 28.2 Å². The molecule has 1 heterocycles. The molecule has 0 aliphatic heterocycles. The van der Waals surface area contributed by atoms with E-state index in [4.69, 9.17) is 16.0 Å². The minimum atomic E-state index is -0.316. The van der Waals surface area contributed by atoms with E-state index in [9.17, 15) is 4.39 Å². The van der Waals surface area contributed by atoms with Crippen LogP contribution >= 0.6 is 27.5 Å². The van der Waals surface area contributed by atoms with Crippen molar-refractivity contribution in [2.24, 2.45) is 0 Å². The minimum absolute atomic E-state index is 0.284. The fourth-order valence-corrected chi connectivity index (χ4v) is 2.53. The van der Waals surface area contributed by atoms with Gasteiger partial charge in [0.15, 0.2) is 5.22 Å². The van der Waals surface area contributed by atoms with Crippen molar-refractivity contribution < 1.29 is 8.81 Å². The van der Waals surface area contributed by atoms with Crippen molar-refractivity contribution >= 4 is 27.5 Å². The first-order valence-electron chi connectivity index (χ1n) is 6.05. The van der Waals surface area contributed by atoms with Crippen molar-refractivity contribution in [2.75, 3.05) is 6.54 Å². The van der Waals surface area contributed by atoms with Crippen LogP contribution in [0.25, 0.3) is 0 Å². The zero-order valence-electron chi connectivity index (χ0n) is 10.4. The Labute approximate surface area is 125 Å². The predicted molar refractivity (Wildman–Crippen MR) is 78.0 cm³/mol. The molecule has 2 aromatic rings. The molecule has 0 radical (unpaired) electrons. The van der Waals surface area contributed by atoms with E-state index in [1.54, 1.807) is 24.3 Å². The third-order valence-corrected chi connectivity index (χ3v) is 3.77. The smallest absolute Gasteiger partial charge is 0.198 e. The molecule has 0 aliphatic rings.